The van der Waals surface area contributed by atoms with Crippen molar-refractivity contribution in [3.63, 3.8) is 0 Å². The van der Waals surface area contributed by atoms with Crippen LogP contribution < -0.4 is 5.32 Å². The number of hydrogen-bond donors (Lipinski definition) is 1. The quantitative estimate of drug-likeness (QED) is 0.577. The largest absolute Gasteiger partial charge is 0.454 e. The molecule has 0 aromatic carbocycles. The minimum absolute atomic E-state index is 0.0309. The van der Waals surface area contributed by atoms with E-state index in [0.717, 1.165) is 30.6 Å². The van der Waals surface area contributed by atoms with Gasteiger partial charge in [-0.2, -0.15) is 0 Å². The van der Waals surface area contributed by atoms with E-state index in [1.54, 1.807) is 4.90 Å². The maximum Gasteiger partial charge on any atom is 0.326 e. The van der Waals surface area contributed by atoms with Gasteiger partial charge in [-0.05, 0) is 37.0 Å². The van der Waals surface area contributed by atoms with E-state index in [2.05, 4.69) is 19.2 Å². The zero-order chi connectivity index (χ0) is 20.5. The molecular formula is C20H31N3O5. The number of carbonyl (C=O) groups excluding carboxylic acids is 4. The Labute approximate surface area is 165 Å². The molecular weight excluding hydrogens is 362 g/mol. The summed E-state index contributed by atoms with van der Waals surface area (Å²) in [5, 5.41) is 2.80. The van der Waals surface area contributed by atoms with Crippen molar-refractivity contribution in [3.05, 3.63) is 0 Å². The smallest absolute Gasteiger partial charge is 0.326 e. The molecule has 3 rings (SSSR count). The lowest BCUT2D eigenvalue weighted by Gasteiger charge is -2.36. The van der Waals surface area contributed by atoms with Gasteiger partial charge in [0.2, 0.25) is 0 Å². The molecule has 8 nitrogen and oxygen atoms in total. The van der Waals surface area contributed by atoms with Crippen LogP contribution in [0.3, 0.4) is 0 Å². The summed E-state index contributed by atoms with van der Waals surface area (Å²) in [5.41, 5.74) is -0.897. The van der Waals surface area contributed by atoms with Gasteiger partial charge < -0.3 is 15.0 Å². The molecule has 1 N–H and O–H groups in total. The first-order valence-electron chi connectivity index (χ1n) is 10.3. The van der Waals surface area contributed by atoms with Crippen LogP contribution in [-0.4, -0.2) is 65.4 Å². The van der Waals surface area contributed by atoms with Crippen LogP contribution in [0, 0.1) is 17.8 Å². The first kappa shape index (κ1) is 20.6. The summed E-state index contributed by atoms with van der Waals surface area (Å²) in [5.74, 6) is -0.460. The van der Waals surface area contributed by atoms with E-state index >= 15 is 0 Å². The highest BCUT2D eigenvalue weighted by molar-refractivity contribution is 6.09. The topological polar surface area (TPSA) is 96.0 Å². The maximum absolute atomic E-state index is 12.9. The van der Waals surface area contributed by atoms with Gasteiger partial charge in [0.05, 0.1) is 0 Å². The lowest BCUT2D eigenvalue weighted by Crippen LogP contribution is -2.54. The van der Waals surface area contributed by atoms with Crippen LogP contribution in [0.2, 0.25) is 0 Å². The van der Waals surface area contributed by atoms with Gasteiger partial charge in [0.1, 0.15) is 12.1 Å². The number of piperidine rings is 1. The van der Waals surface area contributed by atoms with Crippen LogP contribution in [0.25, 0.3) is 0 Å². The third-order valence-electron chi connectivity index (χ3n) is 6.37. The zero-order valence-electron chi connectivity index (χ0n) is 17.0. The van der Waals surface area contributed by atoms with E-state index in [1.807, 2.05) is 6.92 Å². The van der Waals surface area contributed by atoms with Crippen LogP contribution in [-0.2, 0) is 19.1 Å². The predicted molar refractivity (Wildman–Crippen MR) is 101 cm³/mol. The Hall–Kier alpha value is -2.12. The molecule has 2 heterocycles. The van der Waals surface area contributed by atoms with E-state index in [1.165, 1.54) is 0 Å². The minimum atomic E-state index is -0.897. The molecule has 28 heavy (non-hydrogen) atoms. The highest BCUT2D eigenvalue weighted by Crippen LogP contribution is 2.38. The molecule has 8 heteroatoms. The fraction of sp³-hybridized carbons (Fsp3) is 0.800. The third-order valence-corrected chi connectivity index (χ3v) is 6.37. The minimum Gasteiger partial charge on any atom is -0.454 e. The molecule has 156 valence electrons. The predicted octanol–water partition coefficient (Wildman–Crippen LogP) is 1.53. The first-order chi connectivity index (χ1) is 13.2. The van der Waals surface area contributed by atoms with Crippen LogP contribution in [0.5, 0.6) is 0 Å². The van der Waals surface area contributed by atoms with Gasteiger partial charge >= 0.3 is 12.0 Å². The van der Waals surface area contributed by atoms with Crippen LogP contribution in [0.1, 0.15) is 52.9 Å². The van der Waals surface area contributed by atoms with E-state index in [-0.39, 0.29) is 24.3 Å². The van der Waals surface area contributed by atoms with Crippen LogP contribution in [0.4, 0.5) is 4.79 Å². The number of esters is 1. The number of likely N-dealkylation sites (tertiary alicyclic amines) is 1. The zero-order valence-corrected chi connectivity index (χ0v) is 17.0. The number of rotatable bonds is 4. The number of hydrogen-bond acceptors (Lipinski definition) is 5. The summed E-state index contributed by atoms with van der Waals surface area (Å²) >= 11 is 0. The Morgan fingerprint density at radius 2 is 1.82 bits per heavy atom. The Morgan fingerprint density at radius 3 is 2.46 bits per heavy atom. The van der Waals surface area contributed by atoms with Gasteiger partial charge in [-0.3, -0.25) is 19.3 Å². The third kappa shape index (κ3) is 4.00. The summed E-state index contributed by atoms with van der Waals surface area (Å²) in [4.78, 5) is 52.3. The monoisotopic (exact) mass is 393 g/mol. The lowest BCUT2D eigenvalue weighted by atomic mass is 9.73. The summed E-state index contributed by atoms with van der Waals surface area (Å²) < 4.78 is 5.08. The molecule has 3 fully saturated rings. The molecule has 4 amide bonds. The number of amides is 4. The van der Waals surface area contributed by atoms with Crippen molar-refractivity contribution in [3.8, 4) is 0 Å². The average Bonchev–Trinajstić information content (AvgIpc) is 2.86. The molecule has 3 aliphatic rings. The van der Waals surface area contributed by atoms with Gasteiger partial charge in [-0.25, -0.2) is 4.79 Å². The molecule has 0 aromatic heterocycles. The van der Waals surface area contributed by atoms with Gasteiger partial charge in [-0.15, -0.1) is 0 Å². The molecule has 0 unspecified atom stereocenters. The maximum atomic E-state index is 12.9. The Balaban J connectivity index is 1.53. The number of nitrogens with zero attached hydrogens (tertiary/aromatic N) is 2. The van der Waals surface area contributed by atoms with Gasteiger partial charge in [0.15, 0.2) is 6.61 Å². The van der Waals surface area contributed by atoms with Crippen molar-refractivity contribution in [1.82, 2.24) is 15.1 Å². The highest BCUT2D eigenvalue weighted by Gasteiger charge is 2.55. The molecule has 0 bridgehead atoms. The molecule has 2 saturated heterocycles. The summed E-state index contributed by atoms with van der Waals surface area (Å²) in [7, 11) is 0. The molecule has 0 aromatic rings. The number of imide groups is 1. The van der Waals surface area contributed by atoms with Crippen molar-refractivity contribution >= 4 is 23.8 Å². The highest BCUT2D eigenvalue weighted by atomic mass is 16.5. The molecule has 0 radical (unpaired) electrons. The van der Waals surface area contributed by atoms with Gasteiger partial charge in [0.25, 0.3) is 11.8 Å². The van der Waals surface area contributed by atoms with Crippen molar-refractivity contribution in [2.24, 2.45) is 17.8 Å². The fourth-order valence-corrected chi connectivity index (χ4v) is 4.91. The Kier molecular flexibility index (Phi) is 5.95. The normalized spacial score (nSPS) is 33.2. The summed E-state index contributed by atoms with van der Waals surface area (Å²) in [6.07, 6.45) is 4.44. The van der Waals surface area contributed by atoms with E-state index in [9.17, 15) is 19.2 Å². The van der Waals surface area contributed by atoms with Crippen molar-refractivity contribution in [2.75, 3.05) is 26.2 Å². The second-order valence-electron chi connectivity index (χ2n) is 8.85. The van der Waals surface area contributed by atoms with Crippen LogP contribution >= 0.6 is 0 Å². The molecule has 2 aliphatic heterocycles. The second-order valence-corrected chi connectivity index (χ2v) is 8.85. The molecule has 1 aliphatic carbocycles. The number of nitrogens with one attached hydrogen (secondary N) is 1. The number of carbonyl (C=O) groups is 4. The van der Waals surface area contributed by atoms with Gasteiger partial charge in [0, 0.05) is 13.1 Å². The van der Waals surface area contributed by atoms with Crippen LogP contribution in [0.15, 0.2) is 0 Å². The van der Waals surface area contributed by atoms with Crippen molar-refractivity contribution in [1.29, 1.82) is 0 Å². The van der Waals surface area contributed by atoms with Crippen molar-refractivity contribution in [2.45, 2.75) is 58.4 Å². The number of urea groups is 1. The number of ether oxygens (including phenoxy) is 1. The molecule has 1 spiro atoms. The Bertz CT molecular complexity index is 656. The van der Waals surface area contributed by atoms with Gasteiger partial charge in [-0.1, -0.05) is 33.6 Å². The standard InChI is InChI=1S/C20H31N3O5/c1-13-8-14(2)10-22(9-13)16(24)12-28-17(25)11-23-18(26)20(21-19(23)27)7-5-4-6-15(20)3/h13-15H,4-12H2,1-3H3,(H,21,27)/t13-,14+,15-,20-/m1/s1. The van der Waals surface area contributed by atoms with Crippen molar-refractivity contribution < 1.29 is 23.9 Å². The van der Waals surface area contributed by atoms with E-state index < -0.39 is 24.1 Å². The lowest BCUT2D eigenvalue weighted by molar-refractivity contribution is -0.155. The molecule has 4 atom stereocenters. The average molecular weight is 393 g/mol. The Morgan fingerprint density at radius 1 is 1.14 bits per heavy atom. The fourth-order valence-electron chi connectivity index (χ4n) is 4.91. The summed E-state index contributed by atoms with van der Waals surface area (Å²) in [6, 6.07) is -0.555. The second kappa shape index (κ2) is 8.09. The molecule has 1 saturated carbocycles. The SMILES string of the molecule is C[C@@H]1C[C@H](C)CN(C(=O)COC(=O)CN2C(=O)N[C@@]3(CCCC[C@H]3C)C2=O)C1. The summed E-state index contributed by atoms with van der Waals surface area (Å²) in [6.45, 7) is 6.66. The van der Waals surface area contributed by atoms with E-state index in [0.29, 0.717) is 31.3 Å². The van der Waals surface area contributed by atoms with E-state index in [4.69, 9.17) is 4.74 Å². The first-order valence-corrected chi connectivity index (χ1v) is 10.3.